The highest BCUT2D eigenvalue weighted by molar-refractivity contribution is 7.89. The van der Waals surface area contributed by atoms with Crippen molar-refractivity contribution >= 4 is 10.0 Å². The number of hydrogen-bond donors (Lipinski definition) is 2. The minimum atomic E-state index is -3.59. The lowest BCUT2D eigenvalue weighted by atomic mass is 10.0. The Morgan fingerprint density at radius 3 is 2.79 bits per heavy atom. The fourth-order valence-corrected chi connectivity index (χ4v) is 3.69. The maximum Gasteiger partial charge on any atom is 0.240 e. The highest BCUT2D eigenvalue weighted by Gasteiger charge is 2.26. The van der Waals surface area contributed by atoms with E-state index >= 15 is 0 Å². The smallest absolute Gasteiger partial charge is 0.240 e. The fourth-order valence-electron chi connectivity index (χ4n) is 2.26. The van der Waals surface area contributed by atoms with Crippen molar-refractivity contribution in [1.29, 1.82) is 0 Å². The van der Waals surface area contributed by atoms with Crippen molar-refractivity contribution in [2.45, 2.75) is 43.7 Å². The Bertz CT molecular complexity index is 560. The third kappa shape index (κ3) is 3.32. The normalized spacial score (nSPS) is 24.4. The van der Waals surface area contributed by atoms with Crippen molar-refractivity contribution in [2.24, 2.45) is 0 Å². The van der Waals surface area contributed by atoms with Gasteiger partial charge in [-0.25, -0.2) is 17.5 Å². The van der Waals surface area contributed by atoms with Gasteiger partial charge in [-0.05, 0) is 57.0 Å². The molecule has 0 radical (unpaired) electrons. The molecule has 1 aromatic rings. The zero-order valence-electron chi connectivity index (χ0n) is 11.1. The number of sulfonamides is 1. The summed E-state index contributed by atoms with van der Waals surface area (Å²) in [4.78, 5) is 0.115. The van der Waals surface area contributed by atoms with Gasteiger partial charge < -0.3 is 5.32 Å². The number of nitrogens with one attached hydrogen (secondary N) is 2. The molecule has 106 valence electrons. The van der Waals surface area contributed by atoms with Gasteiger partial charge in [0.1, 0.15) is 5.82 Å². The zero-order chi connectivity index (χ0) is 14.0. The van der Waals surface area contributed by atoms with Crippen LogP contribution in [0.2, 0.25) is 0 Å². The zero-order valence-corrected chi connectivity index (χ0v) is 11.9. The van der Waals surface area contributed by atoms with E-state index in [-0.39, 0.29) is 17.0 Å². The maximum absolute atomic E-state index is 13.2. The minimum Gasteiger partial charge on any atom is -0.313 e. The van der Waals surface area contributed by atoms with Crippen LogP contribution in [0.1, 0.15) is 25.3 Å². The largest absolute Gasteiger partial charge is 0.313 e. The second kappa shape index (κ2) is 5.56. The standard InChI is InChI=1S/C13H19FN2O2S/c1-9-8-11(5-6-12(9)14)19(17,18)16-13-4-3-7-15-10(13)2/h5-6,8,10,13,15-16H,3-4,7H2,1-2H3. The van der Waals surface area contributed by atoms with Gasteiger partial charge >= 0.3 is 0 Å². The lowest BCUT2D eigenvalue weighted by Crippen LogP contribution is -2.51. The molecule has 2 unspecified atom stereocenters. The van der Waals surface area contributed by atoms with E-state index in [4.69, 9.17) is 0 Å². The summed E-state index contributed by atoms with van der Waals surface area (Å²) < 4.78 is 40.4. The summed E-state index contributed by atoms with van der Waals surface area (Å²) in [6, 6.07) is 3.82. The quantitative estimate of drug-likeness (QED) is 0.886. The van der Waals surface area contributed by atoms with Gasteiger partial charge in [0, 0.05) is 12.1 Å². The Balaban J connectivity index is 2.19. The van der Waals surface area contributed by atoms with Crippen LogP contribution in [0.15, 0.2) is 23.1 Å². The predicted octanol–water partition coefficient (Wildman–Crippen LogP) is 1.55. The molecule has 0 aliphatic carbocycles. The van der Waals surface area contributed by atoms with Crippen LogP contribution in [0.4, 0.5) is 4.39 Å². The van der Waals surface area contributed by atoms with E-state index < -0.39 is 15.8 Å². The second-order valence-corrected chi connectivity index (χ2v) is 6.74. The number of hydrogen-bond acceptors (Lipinski definition) is 3. The van der Waals surface area contributed by atoms with Crippen LogP contribution in [0.5, 0.6) is 0 Å². The summed E-state index contributed by atoms with van der Waals surface area (Å²) in [5.74, 6) is -0.397. The molecule has 1 aromatic carbocycles. The van der Waals surface area contributed by atoms with Gasteiger partial charge in [-0.1, -0.05) is 0 Å². The van der Waals surface area contributed by atoms with E-state index in [1.165, 1.54) is 18.2 Å². The highest BCUT2D eigenvalue weighted by atomic mass is 32.2. The van der Waals surface area contributed by atoms with Gasteiger partial charge in [-0.2, -0.15) is 0 Å². The Kier molecular flexibility index (Phi) is 4.23. The van der Waals surface area contributed by atoms with E-state index in [2.05, 4.69) is 10.0 Å². The van der Waals surface area contributed by atoms with Crippen LogP contribution < -0.4 is 10.0 Å². The van der Waals surface area contributed by atoms with Crippen LogP contribution >= 0.6 is 0 Å². The predicted molar refractivity (Wildman–Crippen MR) is 71.9 cm³/mol. The van der Waals surface area contributed by atoms with E-state index in [1.807, 2.05) is 6.92 Å². The fraction of sp³-hybridized carbons (Fsp3) is 0.538. The summed E-state index contributed by atoms with van der Waals surface area (Å²) in [5.41, 5.74) is 0.331. The molecule has 0 amide bonds. The van der Waals surface area contributed by atoms with Gasteiger partial charge in [-0.3, -0.25) is 0 Å². The molecule has 0 aromatic heterocycles. The van der Waals surface area contributed by atoms with Gasteiger partial charge in [0.2, 0.25) is 10.0 Å². The molecular weight excluding hydrogens is 267 g/mol. The second-order valence-electron chi connectivity index (χ2n) is 5.02. The van der Waals surface area contributed by atoms with Gasteiger partial charge in [0.05, 0.1) is 4.90 Å². The average molecular weight is 286 g/mol. The van der Waals surface area contributed by atoms with Crippen molar-refractivity contribution in [2.75, 3.05) is 6.54 Å². The molecular formula is C13H19FN2O2S. The number of piperidine rings is 1. The number of benzene rings is 1. The van der Waals surface area contributed by atoms with Crippen LogP contribution in [0.25, 0.3) is 0 Å². The lowest BCUT2D eigenvalue weighted by molar-refractivity contribution is 0.349. The molecule has 0 spiro atoms. The highest BCUT2D eigenvalue weighted by Crippen LogP contribution is 2.17. The first kappa shape index (κ1) is 14.4. The maximum atomic E-state index is 13.2. The molecule has 4 nitrogen and oxygen atoms in total. The van der Waals surface area contributed by atoms with Gasteiger partial charge in [-0.15, -0.1) is 0 Å². The third-order valence-corrected chi connectivity index (χ3v) is 5.00. The van der Waals surface area contributed by atoms with Crippen molar-refractivity contribution in [3.8, 4) is 0 Å². The SMILES string of the molecule is Cc1cc(S(=O)(=O)NC2CCCNC2C)ccc1F. The summed E-state index contributed by atoms with van der Waals surface area (Å²) in [6.45, 7) is 4.43. The Hall–Kier alpha value is -0.980. The van der Waals surface area contributed by atoms with Crippen LogP contribution in [0.3, 0.4) is 0 Å². The van der Waals surface area contributed by atoms with Crippen molar-refractivity contribution < 1.29 is 12.8 Å². The molecule has 0 saturated carbocycles. The molecule has 1 heterocycles. The van der Waals surface area contributed by atoms with Crippen molar-refractivity contribution in [3.05, 3.63) is 29.6 Å². The lowest BCUT2D eigenvalue weighted by Gasteiger charge is -2.30. The van der Waals surface area contributed by atoms with Gasteiger partial charge in [0.15, 0.2) is 0 Å². The van der Waals surface area contributed by atoms with Crippen LogP contribution in [0, 0.1) is 12.7 Å². The van der Waals surface area contributed by atoms with E-state index in [1.54, 1.807) is 6.92 Å². The molecule has 1 saturated heterocycles. The van der Waals surface area contributed by atoms with Crippen molar-refractivity contribution in [1.82, 2.24) is 10.0 Å². The first-order valence-electron chi connectivity index (χ1n) is 6.42. The van der Waals surface area contributed by atoms with Crippen LogP contribution in [-0.2, 0) is 10.0 Å². The third-order valence-electron chi connectivity index (χ3n) is 3.51. The molecule has 1 fully saturated rings. The monoisotopic (exact) mass is 286 g/mol. The number of aryl methyl sites for hydroxylation is 1. The molecule has 2 rings (SSSR count). The van der Waals surface area contributed by atoms with E-state index in [0.29, 0.717) is 5.56 Å². The number of rotatable bonds is 3. The van der Waals surface area contributed by atoms with E-state index in [0.717, 1.165) is 19.4 Å². The average Bonchev–Trinajstić information content (AvgIpc) is 2.35. The molecule has 6 heteroatoms. The minimum absolute atomic E-state index is 0.102. The summed E-state index contributed by atoms with van der Waals surface area (Å²) >= 11 is 0. The Morgan fingerprint density at radius 1 is 1.42 bits per heavy atom. The Labute approximate surface area is 113 Å². The first-order valence-corrected chi connectivity index (χ1v) is 7.90. The van der Waals surface area contributed by atoms with Crippen LogP contribution in [-0.4, -0.2) is 27.0 Å². The molecule has 1 aliphatic rings. The summed E-state index contributed by atoms with van der Waals surface area (Å²) in [7, 11) is -3.59. The molecule has 2 N–H and O–H groups in total. The first-order chi connectivity index (χ1) is 8.90. The summed E-state index contributed by atoms with van der Waals surface area (Å²) in [6.07, 6.45) is 1.76. The molecule has 1 aliphatic heterocycles. The molecule has 19 heavy (non-hydrogen) atoms. The van der Waals surface area contributed by atoms with Crippen molar-refractivity contribution in [3.63, 3.8) is 0 Å². The molecule has 2 atom stereocenters. The Morgan fingerprint density at radius 2 is 2.16 bits per heavy atom. The van der Waals surface area contributed by atoms with Gasteiger partial charge in [0.25, 0.3) is 0 Å². The number of halogens is 1. The topological polar surface area (TPSA) is 58.2 Å². The van der Waals surface area contributed by atoms with E-state index in [9.17, 15) is 12.8 Å². The molecule has 0 bridgehead atoms. The summed E-state index contributed by atoms with van der Waals surface area (Å²) in [5, 5.41) is 3.24.